The topological polar surface area (TPSA) is 116 Å². The Hall–Kier alpha value is -7.38. The maximum Gasteiger partial charge on any atom is 1.00 e. The number of ether oxygens (including phenoxy) is 3. The van der Waals surface area contributed by atoms with Gasteiger partial charge in [-0.05, 0) is 172 Å². The molecule has 2 aliphatic rings. The van der Waals surface area contributed by atoms with Gasteiger partial charge in [0.25, 0.3) is 0 Å². The Bertz CT molecular complexity index is 3430. The number of halogens is 4. The summed E-state index contributed by atoms with van der Waals surface area (Å²) in [7, 11) is 1.08. The van der Waals surface area contributed by atoms with E-state index in [9.17, 15) is 32.3 Å². The zero-order chi connectivity index (χ0) is 50.5. The van der Waals surface area contributed by atoms with Gasteiger partial charge >= 0.3 is 35.5 Å². The van der Waals surface area contributed by atoms with Crippen molar-refractivity contribution in [2.45, 2.75) is 52.7 Å². The number of nitrogens with one attached hydrogen (secondary N) is 2. The van der Waals surface area contributed by atoms with Gasteiger partial charge in [0, 0.05) is 45.0 Å². The molecular weight excluding hydrogens is 932 g/mol. The van der Waals surface area contributed by atoms with E-state index in [0.717, 1.165) is 98.8 Å². The first-order chi connectivity index (χ1) is 33.8. The van der Waals surface area contributed by atoms with Crippen LogP contribution in [0, 0.1) is 37.1 Å². The van der Waals surface area contributed by atoms with Crippen LogP contribution in [0.2, 0.25) is 0 Å². The number of methoxy groups -OCH3 is 1. The van der Waals surface area contributed by atoms with Crippen LogP contribution in [0.1, 0.15) is 81.8 Å². The van der Waals surface area contributed by atoms with Crippen molar-refractivity contribution in [1.82, 2.24) is 9.97 Å². The molecule has 0 saturated heterocycles. The Morgan fingerprint density at radius 1 is 0.486 bits per heavy atom. The summed E-state index contributed by atoms with van der Waals surface area (Å²) in [5, 5.41) is 11.0. The molecule has 358 valence electrons. The first-order valence-electron chi connectivity index (χ1n) is 22.7. The summed E-state index contributed by atoms with van der Waals surface area (Å²) in [6.45, 7) is 12.2. The molecule has 8 nitrogen and oxygen atoms in total. The fourth-order valence-corrected chi connectivity index (χ4v) is 8.83. The molecule has 2 aliphatic heterocycles. The number of aromatic nitrogens is 2. The Kier molecular flexibility index (Phi) is 14.2. The van der Waals surface area contributed by atoms with E-state index >= 15 is 0 Å². The molecule has 0 unspecified atom stereocenters. The number of rotatable bonds is 8. The summed E-state index contributed by atoms with van der Waals surface area (Å²) in [5.41, 5.74) is 10.6. The van der Waals surface area contributed by atoms with Crippen LogP contribution in [-0.4, -0.2) is 40.2 Å². The van der Waals surface area contributed by atoms with Crippen LogP contribution < -0.4 is 44.1 Å². The Morgan fingerprint density at radius 3 is 1.17 bits per heavy atom. The molecule has 0 aliphatic carbocycles. The van der Waals surface area contributed by atoms with Crippen molar-refractivity contribution in [3.63, 3.8) is 0 Å². The second-order valence-electron chi connectivity index (χ2n) is 18.7. The van der Waals surface area contributed by atoms with Crippen molar-refractivity contribution < 1.29 is 76.0 Å². The SMILES string of the molecule is COC(=O)c1c(F)cc(-c2ccc(-c3ccc4c(c3)C(c3ccc(C)cc3)=CC(C)(C)O4)[nH]2)cc1F.Cc1ccc(C2=CC(C)(C)Oc3ccc(-c4ccc(-c5cc(F)c(C(=O)[O-])c(F)c5)[nH]4)cc32)cc1.[Na+]. The normalized spacial score (nSPS) is 13.9. The summed E-state index contributed by atoms with van der Waals surface area (Å²) >= 11 is 0. The molecule has 2 N–H and O–H groups in total. The minimum Gasteiger partial charge on any atom is -0.545 e. The minimum absolute atomic E-state index is 0. The molecule has 10 rings (SSSR count). The van der Waals surface area contributed by atoms with E-state index in [4.69, 9.17) is 9.47 Å². The number of aryl methyl sites for hydroxylation is 2. The third-order valence-electron chi connectivity index (χ3n) is 12.3. The molecule has 0 saturated carbocycles. The fraction of sp³-hybridized carbons (Fsp3) is 0.153. The molecule has 0 atom stereocenters. The van der Waals surface area contributed by atoms with Gasteiger partial charge in [0.15, 0.2) is 0 Å². The molecule has 72 heavy (non-hydrogen) atoms. The van der Waals surface area contributed by atoms with E-state index in [1.54, 1.807) is 12.1 Å². The Labute approximate surface area is 436 Å². The quantitative estimate of drug-likeness (QED) is 0.0890. The zero-order valence-corrected chi connectivity index (χ0v) is 42.8. The maximum absolute atomic E-state index is 14.5. The van der Waals surface area contributed by atoms with Crippen LogP contribution in [0.4, 0.5) is 17.6 Å². The van der Waals surface area contributed by atoms with E-state index in [-0.39, 0.29) is 40.7 Å². The molecule has 2 aromatic heterocycles. The van der Waals surface area contributed by atoms with Gasteiger partial charge in [-0.1, -0.05) is 59.7 Å². The van der Waals surface area contributed by atoms with Crippen molar-refractivity contribution in [3.8, 4) is 56.5 Å². The van der Waals surface area contributed by atoms with Crippen molar-refractivity contribution in [2.75, 3.05) is 7.11 Å². The third kappa shape index (κ3) is 10.5. The first kappa shape index (κ1) is 51.0. The van der Waals surface area contributed by atoms with Crippen molar-refractivity contribution >= 4 is 23.1 Å². The van der Waals surface area contributed by atoms with Crippen LogP contribution >= 0.6 is 0 Å². The smallest absolute Gasteiger partial charge is 0.545 e. The van der Waals surface area contributed by atoms with E-state index in [1.165, 1.54) is 11.1 Å². The van der Waals surface area contributed by atoms with Crippen molar-refractivity contribution in [2.24, 2.45) is 0 Å². The van der Waals surface area contributed by atoms with Gasteiger partial charge in [0.2, 0.25) is 0 Å². The van der Waals surface area contributed by atoms with Crippen LogP contribution in [0.15, 0.2) is 146 Å². The average Bonchev–Trinajstić information content (AvgIpc) is 4.02. The number of fused-ring (bicyclic) bond motifs is 2. The van der Waals surface area contributed by atoms with E-state index < -0.39 is 57.5 Å². The van der Waals surface area contributed by atoms with Crippen molar-refractivity contribution in [1.29, 1.82) is 0 Å². The summed E-state index contributed by atoms with van der Waals surface area (Å²) < 4.78 is 74.1. The van der Waals surface area contributed by atoms with Gasteiger partial charge in [-0.25, -0.2) is 22.4 Å². The molecule has 0 radical (unpaired) electrons. The van der Waals surface area contributed by atoms with Crippen LogP contribution in [0.5, 0.6) is 11.5 Å². The predicted molar refractivity (Wildman–Crippen MR) is 265 cm³/mol. The second-order valence-corrected chi connectivity index (χ2v) is 18.7. The molecule has 6 aromatic carbocycles. The molecule has 0 spiro atoms. The summed E-state index contributed by atoms with van der Waals surface area (Å²) in [4.78, 5) is 29.1. The van der Waals surface area contributed by atoms with Gasteiger partial charge < -0.3 is 34.1 Å². The van der Waals surface area contributed by atoms with Crippen LogP contribution in [0.25, 0.3) is 56.2 Å². The maximum atomic E-state index is 14.5. The number of carbonyl (C=O) groups excluding carboxylic acids is 2. The number of carbonyl (C=O) groups is 2. The number of carboxylic acid groups (broad SMARTS) is 1. The van der Waals surface area contributed by atoms with E-state index in [1.807, 2.05) is 83.1 Å². The fourth-order valence-electron chi connectivity index (χ4n) is 8.83. The first-order valence-corrected chi connectivity index (χ1v) is 22.7. The van der Waals surface area contributed by atoms with Crippen LogP contribution in [-0.2, 0) is 4.74 Å². The number of aromatic amines is 2. The standard InChI is InChI=1S/C30H25F2NO3.C29H23F2NO3.Na/c1-17-5-7-18(8-6-17)22-16-30(2,3)36-27-12-9-19(13-21(22)27)25-10-11-26(33-25)20-14-23(31)28(24(32)15-20)29(34)35-4;1-16-4-6-17(7-5-16)21-15-29(2,3)35-26-11-8-18(12-20(21)26)24-9-10-25(32-24)19-13-22(30)27(28(33)34)23(31)14-19;/h5-16,33H,1-4H3;4-15,32H,1-3H3,(H,33,34);/q;;+1/p-1. The van der Waals surface area contributed by atoms with E-state index in [0.29, 0.717) is 11.4 Å². The predicted octanol–water partition coefficient (Wildman–Crippen LogP) is 10.2. The van der Waals surface area contributed by atoms with Gasteiger partial charge in [-0.3, -0.25) is 0 Å². The summed E-state index contributed by atoms with van der Waals surface area (Å²) in [6, 6.07) is 39.8. The molecule has 4 heterocycles. The van der Waals surface area contributed by atoms with E-state index in [2.05, 4.69) is 82.3 Å². The largest absolute Gasteiger partial charge is 1.00 e. The molecule has 0 amide bonds. The monoisotopic (exact) mass is 978 g/mol. The van der Waals surface area contributed by atoms with Gasteiger partial charge in [0.05, 0.1) is 18.6 Å². The second kappa shape index (κ2) is 20.0. The molecule has 0 bridgehead atoms. The molecular formula is C59H47F4N2NaO6. The third-order valence-corrected chi connectivity index (χ3v) is 12.3. The van der Waals surface area contributed by atoms with Gasteiger partial charge in [0.1, 0.15) is 51.5 Å². The number of carboxylic acids is 1. The van der Waals surface area contributed by atoms with Gasteiger partial charge in [-0.2, -0.15) is 0 Å². The number of hydrogen-bond donors (Lipinski definition) is 2. The van der Waals surface area contributed by atoms with Crippen molar-refractivity contribution in [3.05, 3.63) is 213 Å². The minimum atomic E-state index is -1.89. The molecule has 13 heteroatoms. The Morgan fingerprint density at radius 2 is 0.819 bits per heavy atom. The number of hydrogen-bond acceptors (Lipinski definition) is 6. The number of H-pyrrole nitrogens is 2. The van der Waals surface area contributed by atoms with Crippen LogP contribution in [0.3, 0.4) is 0 Å². The molecule has 0 fully saturated rings. The Balaban J connectivity index is 0.000000190. The summed E-state index contributed by atoms with van der Waals surface area (Å²) in [5.74, 6) is -5.71. The summed E-state index contributed by atoms with van der Waals surface area (Å²) in [6.07, 6.45) is 4.23. The average molecular weight is 979 g/mol. The van der Waals surface area contributed by atoms with Gasteiger partial charge in [-0.15, -0.1) is 0 Å². The number of benzene rings is 6. The zero-order valence-electron chi connectivity index (χ0n) is 40.8. The number of aromatic carboxylic acids is 1. The number of esters is 1. The molecule has 8 aromatic rings.